The molecule has 1 aliphatic rings. The Hall–Kier alpha value is -1.89. The van der Waals surface area contributed by atoms with Gasteiger partial charge in [-0.3, -0.25) is 4.79 Å². The van der Waals surface area contributed by atoms with E-state index in [2.05, 4.69) is 5.32 Å². The van der Waals surface area contributed by atoms with Gasteiger partial charge in [0.25, 0.3) is 0 Å². The van der Waals surface area contributed by atoms with Crippen LogP contribution in [0.15, 0.2) is 24.3 Å². The fourth-order valence-corrected chi connectivity index (χ4v) is 4.07. The quantitative estimate of drug-likeness (QED) is 0.632. The fraction of sp³-hybridized carbons (Fsp3) is 0.500. The van der Waals surface area contributed by atoms with Crippen LogP contribution in [0.4, 0.5) is 5.69 Å². The topological polar surface area (TPSA) is 89.5 Å². The number of unbranched alkanes of at least 4 members (excludes halogenated alkanes) is 1. The van der Waals surface area contributed by atoms with E-state index < -0.39 is 21.7 Å². The van der Waals surface area contributed by atoms with E-state index in [0.29, 0.717) is 24.3 Å². The molecule has 1 aliphatic heterocycles. The van der Waals surface area contributed by atoms with Crippen LogP contribution in [-0.2, 0) is 19.4 Å². The molecule has 6 nitrogen and oxygen atoms in total. The molecule has 0 bridgehead atoms. The number of benzene rings is 1. The average Bonchev–Trinajstić information content (AvgIpc) is 2.88. The first-order valence-corrected chi connectivity index (χ1v) is 9.52. The van der Waals surface area contributed by atoms with E-state index in [1.807, 2.05) is 6.92 Å². The Balaban J connectivity index is 1.90. The molecule has 1 heterocycles. The number of amides is 1. The molecule has 1 aromatic carbocycles. The molecular formula is C16H21NO5S. The first-order chi connectivity index (χ1) is 10.9. The average molecular weight is 339 g/mol. The Morgan fingerprint density at radius 1 is 1.26 bits per heavy atom. The maximum Gasteiger partial charge on any atom is 0.338 e. The van der Waals surface area contributed by atoms with Gasteiger partial charge < -0.3 is 10.1 Å². The molecule has 0 radical (unpaired) electrons. The van der Waals surface area contributed by atoms with E-state index in [4.69, 9.17) is 4.74 Å². The van der Waals surface area contributed by atoms with Crippen molar-refractivity contribution in [2.45, 2.75) is 26.2 Å². The monoisotopic (exact) mass is 339 g/mol. The maximum atomic E-state index is 12.0. The molecule has 126 valence electrons. The van der Waals surface area contributed by atoms with Crippen LogP contribution in [0.5, 0.6) is 0 Å². The highest BCUT2D eigenvalue weighted by molar-refractivity contribution is 7.91. The Labute approximate surface area is 136 Å². The normalized spacial score (nSPS) is 19.3. The van der Waals surface area contributed by atoms with Gasteiger partial charge >= 0.3 is 5.97 Å². The molecule has 1 saturated heterocycles. The molecule has 0 saturated carbocycles. The SMILES string of the molecule is CCCCOC(=O)c1ccc(NC(=O)C2CCS(=O)(=O)C2)cc1. The second-order valence-electron chi connectivity index (χ2n) is 5.66. The van der Waals surface area contributed by atoms with Gasteiger partial charge in [0, 0.05) is 5.69 Å². The van der Waals surface area contributed by atoms with E-state index in [1.54, 1.807) is 24.3 Å². The standard InChI is InChI=1S/C16H21NO5S/c1-2-3-9-22-16(19)12-4-6-14(7-5-12)17-15(18)13-8-10-23(20,21)11-13/h4-7,13H,2-3,8-11H2,1H3,(H,17,18). The molecule has 1 unspecified atom stereocenters. The number of esters is 1. The lowest BCUT2D eigenvalue weighted by Crippen LogP contribution is -2.23. The van der Waals surface area contributed by atoms with Crippen LogP contribution in [0, 0.1) is 5.92 Å². The van der Waals surface area contributed by atoms with Crippen LogP contribution >= 0.6 is 0 Å². The van der Waals surface area contributed by atoms with Gasteiger partial charge in [0.15, 0.2) is 9.84 Å². The Morgan fingerprint density at radius 3 is 2.52 bits per heavy atom. The van der Waals surface area contributed by atoms with Crippen LogP contribution < -0.4 is 5.32 Å². The molecule has 23 heavy (non-hydrogen) atoms. The molecule has 1 aromatic rings. The summed E-state index contributed by atoms with van der Waals surface area (Å²) in [6.07, 6.45) is 2.13. The number of rotatable bonds is 6. The van der Waals surface area contributed by atoms with Crippen molar-refractivity contribution in [2.75, 3.05) is 23.4 Å². The van der Waals surface area contributed by atoms with Crippen molar-refractivity contribution in [3.05, 3.63) is 29.8 Å². The minimum absolute atomic E-state index is 0.0631. The fourth-order valence-electron chi connectivity index (χ4n) is 2.33. The maximum absolute atomic E-state index is 12.0. The number of ether oxygens (including phenoxy) is 1. The number of hydrogen-bond acceptors (Lipinski definition) is 5. The molecule has 1 N–H and O–H groups in total. The summed E-state index contributed by atoms with van der Waals surface area (Å²) in [6.45, 7) is 2.41. The second-order valence-corrected chi connectivity index (χ2v) is 7.88. The minimum atomic E-state index is -3.08. The van der Waals surface area contributed by atoms with Gasteiger partial charge in [-0.1, -0.05) is 13.3 Å². The number of carbonyl (C=O) groups is 2. The third-order valence-corrected chi connectivity index (χ3v) is 5.49. The Morgan fingerprint density at radius 2 is 1.96 bits per heavy atom. The van der Waals surface area contributed by atoms with E-state index in [0.717, 1.165) is 12.8 Å². The van der Waals surface area contributed by atoms with Crippen LogP contribution in [0.25, 0.3) is 0 Å². The smallest absolute Gasteiger partial charge is 0.338 e. The number of sulfone groups is 1. The van der Waals surface area contributed by atoms with Crippen molar-refractivity contribution >= 4 is 27.4 Å². The van der Waals surface area contributed by atoms with Crippen LogP contribution in [-0.4, -0.2) is 38.4 Å². The number of anilines is 1. The lowest BCUT2D eigenvalue weighted by atomic mass is 10.1. The van der Waals surface area contributed by atoms with Gasteiger partial charge in [-0.15, -0.1) is 0 Å². The predicted octanol–water partition coefficient (Wildman–Crippen LogP) is 2.02. The molecule has 1 atom stereocenters. The van der Waals surface area contributed by atoms with Gasteiger partial charge in [-0.2, -0.15) is 0 Å². The number of carbonyl (C=O) groups excluding carboxylic acids is 2. The van der Waals surface area contributed by atoms with Crippen LogP contribution in [0.2, 0.25) is 0 Å². The van der Waals surface area contributed by atoms with Crippen molar-refractivity contribution in [3.63, 3.8) is 0 Å². The van der Waals surface area contributed by atoms with E-state index in [-0.39, 0.29) is 17.4 Å². The molecule has 0 aliphatic carbocycles. The number of hydrogen-bond donors (Lipinski definition) is 1. The number of nitrogens with one attached hydrogen (secondary N) is 1. The van der Waals surface area contributed by atoms with E-state index >= 15 is 0 Å². The molecule has 7 heteroatoms. The molecule has 0 aromatic heterocycles. The lowest BCUT2D eigenvalue weighted by Gasteiger charge is -2.10. The first kappa shape index (κ1) is 17.5. The summed E-state index contributed by atoms with van der Waals surface area (Å²) < 4.78 is 27.9. The highest BCUT2D eigenvalue weighted by Gasteiger charge is 2.32. The van der Waals surface area contributed by atoms with Gasteiger partial charge in [-0.25, -0.2) is 13.2 Å². The van der Waals surface area contributed by atoms with Crippen LogP contribution in [0.3, 0.4) is 0 Å². The zero-order valence-corrected chi connectivity index (χ0v) is 13.9. The summed E-state index contributed by atoms with van der Waals surface area (Å²) in [6, 6.07) is 6.38. The molecule has 1 fully saturated rings. The van der Waals surface area contributed by atoms with Gasteiger partial charge in [0.1, 0.15) is 0 Å². The molecule has 1 amide bonds. The van der Waals surface area contributed by atoms with Crippen LogP contribution in [0.1, 0.15) is 36.5 Å². The Bertz CT molecular complexity index is 666. The Kier molecular flexibility index (Phi) is 5.76. The highest BCUT2D eigenvalue weighted by Crippen LogP contribution is 2.20. The van der Waals surface area contributed by atoms with Crippen molar-refractivity contribution in [1.29, 1.82) is 0 Å². The first-order valence-electron chi connectivity index (χ1n) is 7.70. The van der Waals surface area contributed by atoms with Crippen molar-refractivity contribution in [3.8, 4) is 0 Å². The highest BCUT2D eigenvalue weighted by atomic mass is 32.2. The summed E-state index contributed by atoms with van der Waals surface area (Å²) >= 11 is 0. The molecule has 2 rings (SSSR count). The zero-order valence-electron chi connectivity index (χ0n) is 13.1. The minimum Gasteiger partial charge on any atom is -0.462 e. The third kappa shape index (κ3) is 5.06. The molecular weight excluding hydrogens is 318 g/mol. The summed E-state index contributed by atoms with van der Waals surface area (Å²) in [4.78, 5) is 23.8. The third-order valence-electron chi connectivity index (χ3n) is 3.72. The zero-order chi connectivity index (χ0) is 16.9. The summed E-state index contributed by atoms with van der Waals surface area (Å²) in [7, 11) is -3.08. The molecule has 0 spiro atoms. The summed E-state index contributed by atoms with van der Waals surface area (Å²) in [5, 5.41) is 2.68. The van der Waals surface area contributed by atoms with E-state index in [1.165, 1.54) is 0 Å². The van der Waals surface area contributed by atoms with Crippen molar-refractivity contribution in [2.24, 2.45) is 5.92 Å². The predicted molar refractivity (Wildman–Crippen MR) is 87.0 cm³/mol. The summed E-state index contributed by atoms with van der Waals surface area (Å²) in [5.41, 5.74) is 0.951. The lowest BCUT2D eigenvalue weighted by molar-refractivity contribution is -0.119. The van der Waals surface area contributed by atoms with Gasteiger partial charge in [0.05, 0.1) is 29.6 Å². The summed E-state index contributed by atoms with van der Waals surface area (Å²) in [5.74, 6) is -1.23. The second kappa shape index (κ2) is 7.59. The van der Waals surface area contributed by atoms with Crippen molar-refractivity contribution in [1.82, 2.24) is 0 Å². The van der Waals surface area contributed by atoms with Gasteiger partial charge in [-0.05, 0) is 37.1 Å². The van der Waals surface area contributed by atoms with E-state index in [9.17, 15) is 18.0 Å². The largest absolute Gasteiger partial charge is 0.462 e. The van der Waals surface area contributed by atoms with Crippen molar-refractivity contribution < 1.29 is 22.7 Å². The van der Waals surface area contributed by atoms with Gasteiger partial charge in [0.2, 0.25) is 5.91 Å².